The van der Waals surface area contributed by atoms with Gasteiger partial charge in [-0.15, -0.1) is 0 Å². The van der Waals surface area contributed by atoms with Crippen molar-refractivity contribution >= 4 is 22.5 Å². The van der Waals surface area contributed by atoms with E-state index in [1.165, 1.54) is 16.5 Å². The molecule has 3 nitrogen and oxygen atoms in total. The predicted molar refractivity (Wildman–Crippen MR) is 64.7 cm³/mol. The number of anilines is 1. The van der Waals surface area contributed by atoms with E-state index in [9.17, 15) is 4.79 Å². The first kappa shape index (κ1) is 9.46. The first-order valence-electron chi connectivity index (χ1n) is 5.53. The van der Waals surface area contributed by atoms with Gasteiger partial charge in [-0.1, -0.05) is 0 Å². The highest BCUT2D eigenvalue weighted by Gasteiger charge is 2.22. The van der Waals surface area contributed by atoms with Crippen molar-refractivity contribution in [1.29, 1.82) is 0 Å². The molecule has 0 saturated heterocycles. The molecule has 0 radical (unpaired) electrons. The molecule has 3 rings (SSSR count). The molecule has 1 aliphatic heterocycles. The largest absolute Gasteiger partial charge is 0.350 e. The van der Waals surface area contributed by atoms with E-state index in [0.29, 0.717) is 0 Å². The number of carbonyl (C=O) groups excluding carboxylic acids is 1. The summed E-state index contributed by atoms with van der Waals surface area (Å²) in [4.78, 5) is 13.4. The lowest BCUT2D eigenvalue weighted by Gasteiger charge is -2.14. The van der Waals surface area contributed by atoms with Crippen molar-refractivity contribution in [3.63, 3.8) is 0 Å². The molecule has 0 aliphatic carbocycles. The van der Waals surface area contributed by atoms with Gasteiger partial charge in [-0.05, 0) is 35.6 Å². The summed E-state index contributed by atoms with van der Waals surface area (Å²) in [7, 11) is 2.03. The number of aryl methyl sites for hydroxylation is 1. The highest BCUT2D eigenvalue weighted by molar-refractivity contribution is 5.97. The zero-order valence-electron chi connectivity index (χ0n) is 9.53. The van der Waals surface area contributed by atoms with Crippen LogP contribution < -0.4 is 4.90 Å². The molecule has 1 aromatic heterocycles. The maximum atomic E-state index is 11.5. The van der Waals surface area contributed by atoms with Crippen molar-refractivity contribution in [3.05, 3.63) is 30.0 Å². The minimum absolute atomic E-state index is 0.132. The zero-order chi connectivity index (χ0) is 11.3. The van der Waals surface area contributed by atoms with Gasteiger partial charge in [-0.25, -0.2) is 0 Å². The van der Waals surface area contributed by atoms with Crippen molar-refractivity contribution in [3.8, 4) is 0 Å². The highest BCUT2D eigenvalue weighted by atomic mass is 16.2. The topological polar surface area (TPSA) is 25.2 Å². The number of hydrogen-bond acceptors (Lipinski definition) is 1. The van der Waals surface area contributed by atoms with Gasteiger partial charge in [0.25, 0.3) is 0 Å². The van der Waals surface area contributed by atoms with E-state index in [2.05, 4.69) is 29.0 Å². The van der Waals surface area contributed by atoms with Gasteiger partial charge < -0.3 is 9.47 Å². The minimum Gasteiger partial charge on any atom is -0.350 e. The molecule has 2 aromatic rings. The third-order valence-electron chi connectivity index (χ3n) is 3.36. The summed E-state index contributed by atoms with van der Waals surface area (Å²) in [5, 5.41) is 1.26. The number of carbonyl (C=O) groups is 1. The molecule has 2 heterocycles. The van der Waals surface area contributed by atoms with Crippen LogP contribution in [0.15, 0.2) is 24.4 Å². The summed E-state index contributed by atoms with van der Waals surface area (Å²) in [5.41, 5.74) is 3.56. The van der Waals surface area contributed by atoms with Crippen LogP contribution in [0.4, 0.5) is 5.69 Å². The monoisotopic (exact) mass is 214 g/mol. The lowest BCUT2D eigenvalue weighted by atomic mass is 10.1. The Balaban J connectivity index is 2.25. The van der Waals surface area contributed by atoms with Gasteiger partial charge in [0.15, 0.2) is 0 Å². The number of hydrogen-bond donors (Lipinski definition) is 0. The van der Waals surface area contributed by atoms with E-state index in [1.807, 2.05) is 11.9 Å². The SMILES string of the molecule is CC(=O)N1CCc2cc3ccn(C)c3cc21. The second-order valence-corrected chi connectivity index (χ2v) is 4.39. The molecule has 0 fully saturated rings. The van der Waals surface area contributed by atoms with E-state index < -0.39 is 0 Å². The number of fused-ring (bicyclic) bond motifs is 2. The first-order chi connectivity index (χ1) is 7.66. The molecule has 3 heteroatoms. The van der Waals surface area contributed by atoms with E-state index in [1.54, 1.807) is 6.92 Å². The molecular formula is C13H14N2O. The Bertz CT molecular complexity index is 583. The highest BCUT2D eigenvalue weighted by Crippen LogP contribution is 2.32. The molecule has 82 valence electrons. The molecule has 0 unspecified atom stereocenters. The van der Waals surface area contributed by atoms with Gasteiger partial charge in [0, 0.05) is 37.9 Å². The molecule has 0 atom stereocenters. The molecule has 16 heavy (non-hydrogen) atoms. The van der Waals surface area contributed by atoms with Crippen LogP contribution in [0.5, 0.6) is 0 Å². The van der Waals surface area contributed by atoms with Crippen molar-refractivity contribution in [1.82, 2.24) is 4.57 Å². The molecular weight excluding hydrogens is 200 g/mol. The summed E-state index contributed by atoms with van der Waals surface area (Å²) in [6, 6.07) is 6.44. The zero-order valence-corrected chi connectivity index (χ0v) is 9.53. The molecule has 1 aliphatic rings. The van der Waals surface area contributed by atoms with Crippen molar-refractivity contribution in [2.75, 3.05) is 11.4 Å². The van der Waals surface area contributed by atoms with Crippen LogP contribution in [-0.4, -0.2) is 17.0 Å². The van der Waals surface area contributed by atoms with Gasteiger partial charge in [0.1, 0.15) is 0 Å². The van der Waals surface area contributed by atoms with E-state index >= 15 is 0 Å². The van der Waals surface area contributed by atoms with E-state index in [-0.39, 0.29) is 5.91 Å². The maximum Gasteiger partial charge on any atom is 0.223 e. The molecule has 0 N–H and O–H groups in total. The van der Waals surface area contributed by atoms with Gasteiger partial charge >= 0.3 is 0 Å². The average molecular weight is 214 g/mol. The predicted octanol–water partition coefficient (Wildman–Crippen LogP) is 2.09. The van der Waals surface area contributed by atoms with Crippen molar-refractivity contribution in [2.45, 2.75) is 13.3 Å². The summed E-state index contributed by atoms with van der Waals surface area (Å²) in [5.74, 6) is 0.132. The van der Waals surface area contributed by atoms with Crippen LogP contribution in [0, 0.1) is 0 Å². The Morgan fingerprint density at radius 1 is 1.38 bits per heavy atom. The minimum atomic E-state index is 0.132. The molecule has 1 amide bonds. The fourth-order valence-electron chi connectivity index (χ4n) is 2.48. The number of nitrogens with zero attached hydrogens (tertiary/aromatic N) is 2. The second-order valence-electron chi connectivity index (χ2n) is 4.39. The summed E-state index contributed by atoms with van der Waals surface area (Å²) in [6.45, 7) is 2.45. The number of amides is 1. The summed E-state index contributed by atoms with van der Waals surface area (Å²) < 4.78 is 2.09. The average Bonchev–Trinajstić information content (AvgIpc) is 2.80. The fraction of sp³-hybridized carbons (Fsp3) is 0.308. The molecule has 0 spiro atoms. The summed E-state index contributed by atoms with van der Waals surface area (Å²) >= 11 is 0. The Kier molecular flexibility index (Phi) is 1.84. The Morgan fingerprint density at radius 3 is 2.94 bits per heavy atom. The maximum absolute atomic E-state index is 11.5. The van der Waals surface area contributed by atoms with Gasteiger partial charge in [-0.2, -0.15) is 0 Å². The smallest absolute Gasteiger partial charge is 0.223 e. The van der Waals surface area contributed by atoms with Crippen LogP contribution in [0.25, 0.3) is 10.9 Å². The first-order valence-corrected chi connectivity index (χ1v) is 5.53. The van der Waals surface area contributed by atoms with Crippen molar-refractivity contribution in [2.24, 2.45) is 7.05 Å². The number of rotatable bonds is 0. The third-order valence-corrected chi connectivity index (χ3v) is 3.36. The number of benzene rings is 1. The molecule has 1 aromatic carbocycles. The van der Waals surface area contributed by atoms with Crippen LogP contribution >= 0.6 is 0 Å². The summed E-state index contributed by atoms with van der Waals surface area (Å²) in [6.07, 6.45) is 3.03. The van der Waals surface area contributed by atoms with E-state index in [4.69, 9.17) is 0 Å². The Morgan fingerprint density at radius 2 is 2.19 bits per heavy atom. The van der Waals surface area contributed by atoms with E-state index in [0.717, 1.165) is 18.7 Å². The van der Waals surface area contributed by atoms with Crippen molar-refractivity contribution < 1.29 is 4.79 Å². The van der Waals surface area contributed by atoms with Crippen LogP contribution in [0.2, 0.25) is 0 Å². The third kappa shape index (κ3) is 1.18. The standard InChI is InChI=1S/C13H14N2O/c1-9(16)15-6-4-11-7-10-3-5-14(2)12(10)8-13(11)15/h3,5,7-8H,4,6H2,1-2H3. The lowest BCUT2D eigenvalue weighted by molar-refractivity contribution is -0.116. The molecule has 0 bridgehead atoms. The lowest BCUT2D eigenvalue weighted by Crippen LogP contribution is -2.25. The van der Waals surface area contributed by atoms with Crippen LogP contribution in [0.1, 0.15) is 12.5 Å². The van der Waals surface area contributed by atoms with Gasteiger partial charge in [-0.3, -0.25) is 4.79 Å². The van der Waals surface area contributed by atoms with Gasteiger partial charge in [0.05, 0.1) is 0 Å². The Labute approximate surface area is 94.3 Å². The fourth-order valence-corrected chi connectivity index (χ4v) is 2.48. The second kappa shape index (κ2) is 3.11. The Hall–Kier alpha value is -1.77. The normalized spacial score (nSPS) is 14.5. The van der Waals surface area contributed by atoms with Crippen LogP contribution in [0.3, 0.4) is 0 Å². The molecule has 0 saturated carbocycles. The van der Waals surface area contributed by atoms with Gasteiger partial charge in [0.2, 0.25) is 5.91 Å². The van der Waals surface area contributed by atoms with Crippen LogP contribution in [-0.2, 0) is 18.3 Å². The quantitative estimate of drug-likeness (QED) is 0.659. The number of aromatic nitrogens is 1.